The Morgan fingerprint density at radius 1 is 1.33 bits per heavy atom. The van der Waals surface area contributed by atoms with E-state index in [1.165, 1.54) is 22.8 Å². The Morgan fingerprint density at radius 3 is 3.07 bits per heavy atom. The van der Waals surface area contributed by atoms with Gasteiger partial charge in [0.05, 0.1) is 0 Å². The van der Waals surface area contributed by atoms with Crippen LogP contribution >= 0.6 is 0 Å². The van der Waals surface area contributed by atoms with Crippen molar-refractivity contribution < 1.29 is 4.52 Å². The molecule has 0 saturated carbocycles. The van der Waals surface area contributed by atoms with E-state index in [-0.39, 0.29) is 5.95 Å². The van der Waals surface area contributed by atoms with Crippen LogP contribution in [0.1, 0.15) is 0 Å². The van der Waals surface area contributed by atoms with Crippen LogP contribution in [0.25, 0.3) is 0 Å². The van der Waals surface area contributed by atoms with Gasteiger partial charge in [0.15, 0.2) is 0 Å². The third-order valence-corrected chi connectivity index (χ3v) is 1.62. The largest absolute Gasteiger partial charge is 0.341 e. The van der Waals surface area contributed by atoms with Gasteiger partial charge in [-0.3, -0.25) is 5.10 Å². The number of aromatic nitrogens is 5. The Labute approximate surface area is 82.5 Å². The van der Waals surface area contributed by atoms with Gasteiger partial charge in [0.2, 0.25) is 12.7 Å². The predicted octanol–water partition coefficient (Wildman–Crippen LogP) is -1.25. The van der Waals surface area contributed by atoms with Crippen LogP contribution < -0.4 is 15.7 Å². The molecule has 0 spiro atoms. The highest BCUT2D eigenvalue weighted by Gasteiger charge is 2.26. The van der Waals surface area contributed by atoms with Crippen molar-refractivity contribution in [3.63, 3.8) is 0 Å². The van der Waals surface area contributed by atoms with Gasteiger partial charge in [-0.25, -0.2) is 0 Å². The number of hydrogen-bond acceptors (Lipinski definition) is 9. The summed E-state index contributed by atoms with van der Waals surface area (Å²) in [7, 11) is 0. The summed E-state index contributed by atoms with van der Waals surface area (Å²) in [6.45, 7) is 0. The van der Waals surface area contributed by atoms with Crippen LogP contribution in [0, 0.1) is 0 Å². The van der Waals surface area contributed by atoms with Crippen LogP contribution in [0.3, 0.4) is 0 Å². The summed E-state index contributed by atoms with van der Waals surface area (Å²) < 4.78 is 4.61. The lowest BCUT2D eigenvalue weighted by Crippen LogP contribution is -2.44. The van der Waals surface area contributed by atoms with E-state index in [2.05, 4.69) is 46.8 Å². The average molecular weight is 206 g/mol. The maximum atomic E-state index is 4.61. The van der Waals surface area contributed by atoms with Gasteiger partial charge >= 0.3 is 5.95 Å². The minimum absolute atomic E-state index is 0.272. The van der Waals surface area contributed by atoms with Crippen molar-refractivity contribution in [2.24, 2.45) is 5.10 Å². The molecule has 0 atom stereocenters. The van der Waals surface area contributed by atoms with Gasteiger partial charge in [-0.1, -0.05) is 0 Å². The first-order chi connectivity index (χ1) is 7.45. The molecule has 0 fully saturated rings. The number of hydrogen-bond donors (Lipinski definition) is 2. The van der Waals surface area contributed by atoms with E-state index >= 15 is 0 Å². The molecule has 3 rings (SSSR count). The average Bonchev–Trinajstić information content (AvgIpc) is 3.01. The number of nitrogens with one attached hydrogen (secondary N) is 2. The Morgan fingerprint density at radius 2 is 2.33 bits per heavy atom. The Kier molecular flexibility index (Phi) is 1.51. The van der Waals surface area contributed by atoms with Crippen molar-refractivity contribution in [2.45, 2.75) is 0 Å². The fourth-order valence-electron chi connectivity index (χ4n) is 1.04. The van der Waals surface area contributed by atoms with Gasteiger partial charge in [0.1, 0.15) is 6.33 Å². The Bertz CT molecular complexity index is 447. The van der Waals surface area contributed by atoms with Crippen molar-refractivity contribution in [1.29, 1.82) is 0 Å². The number of anilines is 2. The van der Waals surface area contributed by atoms with E-state index in [1.54, 1.807) is 0 Å². The summed E-state index contributed by atoms with van der Waals surface area (Å²) in [5, 5.41) is 16.5. The molecule has 10 nitrogen and oxygen atoms in total. The number of H-pyrrole nitrogens is 1. The molecule has 0 saturated heterocycles. The lowest BCUT2D eigenvalue weighted by atomic mass is 10.9. The van der Waals surface area contributed by atoms with Gasteiger partial charge in [0, 0.05) is 0 Å². The molecule has 2 aromatic heterocycles. The topological polar surface area (TPSA) is 111 Å². The highest BCUT2D eigenvalue weighted by atomic mass is 16.5. The summed E-state index contributed by atoms with van der Waals surface area (Å²) in [5.41, 5.74) is 2.59. The van der Waals surface area contributed by atoms with Crippen LogP contribution in [0.2, 0.25) is 0 Å². The van der Waals surface area contributed by atoms with Crippen LogP contribution in [-0.4, -0.2) is 31.7 Å². The van der Waals surface area contributed by atoms with Gasteiger partial charge in [0.25, 0.3) is 5.95 Å². The molecular formula is C5H4N9O. The SMILES string of the molecule is [C]1=NNN(c2ncon2)N1c1nc[nH]n1. The molecule has 15 heavy (non-hydrogen) atoms. The Balaban J connectivity index is 1.92. The summed E-state index contributed by atoms with van der Waals surface area (Å²) in [5.74, 6) is 0.627. The third kappa shape index (κ3) is 1.15. The van der Waals surface area contributed by atoms with E-state index in [0.717, 1.165) is 0 Å². The molecule has 2 aromatic rings. The van der Waals surface area contributed by atoms with Crippen molar-refractivity contribution in [1.82, 2.24) is 30.9 Å². The van der Waals surface area contributed by atoms with Crippen molar-refractivity contribution in [3.05, 3.63) is 12.7 Å². The zero-order chi connectivity index (χ0) is 10.1. The zero-order valence-corrected chi connectivity index (χ0v) is 7.19. The highest BCUT2D eigenvalue weighted by molar-refractivity contribution is 5.80. The molecule has 0 aliphatic carbocycles. The number of aromatic amines is 1. The maximum absolute atomic E-state index is 4.61. The van der Waals surface area contributed by atoms with E-state index in [9.17, 15) is 0 Å². The molecule has 0 unspecified atom stereocenters. The minimum Gasteiger partial charge on any atom is -0.341 e. The molecule has 1 radical (unpaired) electrons. The second-order valence-corrected chi connectivity index (χ2v) is 2.47. The van der Waals surface area contributed by atoms with E-state index in [4.69, 9.17) is 0 Å². The Hall–Kier alpha value is -2.65. The first kappa shape index (κ1) is 7.73. The van der Waals surface area contributed by atoms with Crippen molar-refractivity contribution >= 4 is 18.2 Å². The molecule has 0 aromatic carbocycles. The third-order valence-electron chi connectivity index (χ3n) is 1.62. The van der Waals surface area contributed by atoms with Crippen LogP contribution in [0.4, 0.5) is 11.9 Å². The maximum Gasteiger partial charge on any atom is 0.306 e. The minimum atomic E-state index is 0.272. The zero-order valence-electron chi connectivity index (χ0n) is 7.19. The van der Waals surface area contributed by atoms with Crippen LogP contribution in [-0.2, 0) is 0 Å². The van der Waals surface area contributed by atoms with Gasteiger partial charge < -0.3 is 4.52 Å². The molecule has 3 heterocycles. The molecule has 1 aliphatic heterocycles. The van der Waals surface area contributed by atoms with Crippen LogP contribution in [0.5, 0.6) is 0 Å². The molecule has 0 amide bonds. The van der Waals surface area contributed by atoms with E-state index in [1.807, 2.05) is 0 Å². The second kappa shape index (κ2) is 2.94. The fraction of sp³-hybridized carbons (Fsp3) is 0. The van der Waals surface area contributed by atoms with Gasteiger partial charge in [-0.2, -0.15) is 20.5 Å². The summed E-state index contributed by atoms with van der Waals surface area (Å²) in [6, 6.07) is 0. The lowest BCUT2D eigenvalue weighted by Gasteiger charge is -2.19. The number of nitrogens with zero attached hydrogens (tertiary/aromatic N) is 7. The molecular weight excluding hydrogens is 202 g/mol. The normalized spacial score (nSPS) is 14.7. The highest BCUT2D eigenvalue weighted by Crippen LogP contribution is 2.13. The quantitative estimate of drug-likeness (QED) is 0.627. The van der Waals surface area contributed by atoms with Crippen molar-refractivity contribution in [2.75, 3.05) is 10.1 Å². The standard InChI is InChI=1S/C5H4N9O/c1-6-4(10-8-1)13-2-9-12-14(13)5-7-3-15-11-5/h1,3,12H,(H,6,8,10). The molecule has 0 bridgehead atoms. The van der Waals surface area contributed by atoms with Crippen molar-refractivity contribution in [3.8, 4) is 0 Å². The summed E-state index contributed by atoms with van der Waals surface area (Å²) in [4.78, 5) is 7.76. The summed E-state index contributed by atoms with van der Waals surface area (Å²) >= 11 is 0. The smallest absolute Gasteiger partial charge is 0.306 e. The molecule has 75 valence electrons. The monoisotopic (exact) mass is 206 g/mol. The predicted molar refractivity (Wildman–Crippen MR) is 46.2 cm³/mol. The van der Waals surface area contributed by atoms with Gasteiger partial charge in [-0.05, 0) is 5.16 Å². The molecule has 2 N–H and O–H groups in total. The number of hydrazone groups is 1. The number of rotatable bonds is 2. The molecule has 1 aliphatic rings. The second-order valence-electron chi connectivity index (χ2n) is 2.47. The fourth-order valence-corrected chi connectivity index (χ4v) is 1.04. The summed E-state index contributed by atoms with van der Waals surface area (Å²) in [6.07, 6.45) is 5.24. The van der Waals surface area contributed by atoms with E-state index < -0.39 is 0 Å². The lowest BCUT2D eigenvalue weighted by molar-refractivity contribution is 0.414. The number of hydrazine groups is 2. The van der Waals surface area contributed by atoms with Crippen LogP contribution in [0.15, 0.2) is 22.3 Å². The van der Waals surface area contributed by atoms with Gasteiger partial charge in [-0.15, -0.1) is 15.3 Å². The van der Waals surface area contributed by atoms with E-state index in [0.29, 0.717) is 5.95 Å². The first-order valence-corrected chi connectivity index (χ1v) is 3.88. The molecule has 10 heteroatoms. The first-order valence-electron chi connectivity index (χ1n) is 3.88.